The number of halogens is 1. The number of aromatic nitrogens is 1. The van der Waals surface area contributed by atoms with E-state index in [1.54, 1.807) is 13.2 Å². The van der Waals surface area contributed by atoms with Crippen LogP contribution >= 0.6 is 11.6 Å². The number of carbonyl (C=O) groups is 2. The maximum Gasteiger partial charge on any atom is 0.270 e. The average molecular weight is 454 g/mol. The van der Waals surface area contributed by atoms with Crippen LogP contribution in [0.1, 0.15) is 35.8 Å². The van der Waals surface area contributed by atoms with E-state index in [9.17, 15) is 9.59 Å². The number of nitrogens with one attached hydrogen (secondary N) is 2. The summed E-state index contributed by atoms with van der Waals surface area (Å²) in [5.41, 5.74) is 2.51. The number of methoxy groups -OCH3 is 1. The third-order valence-electron chi connectivity index (χ3n) is 6.39. The molecule has 1 atom stereocenters. The van der Waals surface area contributed by atoms with Crippen molar-refractivity contribution < 1.29 is 14.3 Å². The van der Waals surface area contributed by atoms with E-state index in [1.807, 2.05) is 54.3 Å². The zero-order valence-electron chi connectivity index (χ0n) is 18.4. The molecule has 1 aromatic heterocycles. The van der Waals surface area contributed by atoms with Crippen LogP contribution in [0, 0.1) is 11.8 Å². The first-order chi connectivity index (χ1) is 15.4. The quantitative estimate of drug-likeness (QED) is 0.571. The second kappa shape index (κ2) is 9.65. The molecule has 7 heteroatoms. The van der Waals surface area contributed by atoms with Gasteiger partial charge in [-0.05, 0) is 60.7 Å². The van der Waals surface area contributed by atoms with E-state index in [0.717, 1.165) is 35.1 Å². The second-order valence-corrected chi connectivity index (χ2v) is 8.84. The molecular weight excluding hydrogens is 426 g/mol. The van der Waals surface area contributed by atoms with Crippen LogP contribution in [-0.4, -0.2) is 41.9 Å². The largest absolute Gasteiger partial charge is 0.497 e. The van der Waals surface area contributed by atoms with Crippen LogP contribution in [0.15, 0.2) is 48.5 Å². The molecule has 1 saturated heterocycles. The predicted octanol–water partition coefficient (Wildman–Crippen LogP) is 4.63. The topological polar surface area (TPSA) is 74.4 Å². The summed E-state index contributed by atoms with van der Waals surface area (Å²) in [7, 11) is 1.63. The predicted molar refractivity (Wildman–Crippen MR) is 126 cm³/mol. The van der Waals surface area contributed by atoms with E-state index in [-0.39, 0.29) is 23.7 Å². The van der Waals surface area contributed by atoms with Crippen LogP contribution in [0.2, 0.25) is 5.02 Å². The van der Waals surface area contributed by atoms with Gasteiger partial charge in [0.1, 0.15) is 11.4 Å². The Hall–Kier alpha value is -2.99. The fraction of sp³-hybridized carbons (Fsp3) is 0.360. The Labute approximate surface area is 192 Å². The Morgan fingerprint density at radius 3 is 2.56 bits per heavy atom. The van der Waals surface area contributed by atoms with E-state index in [1.165, 1.54) is 0 Å². The second-order valence-electron chi connectivity index (χ2n) is 8.40. The van der Waals surface area contributed by atoms with Crippen molar-refractivity contribution in [2.75, 3.05) is 20.2 Å². The van der Waals surface area contributed by atoms with Crippen molar-refractivity contribution in [1.29, 1.82) is 0 Å². The van der Waals surface area contributed by atoms with Gasteiger partial charge in [0.2, 0.25) is 5.91 Å². The zero-order chi connectivity index (χ0) is 22.7. The highest BCUT2D eigenvalue weighted by atomic mass is 35.5. The van der Waals surface area contributed by atoms with Crippen molar-refractivity contribution in [2.45, 2.75) is 26.3 Å². The average Bonchev–Trinajstić information content (AvgIpc) is 3.25. The summed E-state index contributed by atoms with van der Waals surface area (Å²) < 4.78 is 5.16. The summed E-state index contributed by atoms with van der Waals surface area (Å²) in [6.45, 7) is 3.77. The standard InChI is InChI=1S/C25H28ClN3O3/c1-16(24(30)27-15-17-3-6-21(32-2)7-4-17)18-9-11-29(12-10-18)25(31)23-14-19-13-20(26)5-8-22(19)28-23/h3-8,13-14,16,18,28H,9-12,15H2,1-2H3,(H,27,30). The molecule has 1 unspecified atom stereocenters. The molecule has 6 nitrogen and oxygen atoms in total. The van der Waals surface area contributed by atoms with Crippen molar-refractivity contribution in [1.82, 2.24) is 15.2 Å². The van der Waals surface area contributed by atoms with Crippen LogP contribution in [-0.2, 0) is 11.3 Å². The first-order valence-electron chi connectivity index (χ1n) is 10.9. The zero-order valence-corrected chi connectivity index (χ0v) is 19.1. The molecule has 2 heterocycles. The maximum atomic E-state index is 12.9. The molecule has 0 radical (unpaired) electrons. The number of hydrogen-bond acceptors (Lipinski definition) is 3. The van der Waals surface area contributed by atoms with E-state index < -0.39 is 0 Å². The van der Waals surface area contributed by atoms with E-state index in [2.05, 4.69) is 10.3 Å². The SMILES string of the molecule is COc1ccc(CNC(=O)C(C)C2CCN(C(=O)c3cc4cc(Cl)ccc4[nH]3)CC2)cc1. The third kappa shape index (κ3) is 4.91. The van der Waals surface area contributed by atoms with Crippen LogP contribution in [0.3, 0.4) is 0 Å². The molecular formula is C25H28ClN3O3. The van der Waals surface area contributed by atoms with Crippen molar-refractivity contribution >= 4 is 34.3 Å². The normalized spacial score (nSPS) is 15.5. The van der Waals surface area contributed by atoms with Gasteiger partial charge in [0.15, 0.2) is 0 Å². The minimum absolute atomic E-state index is 0.00705. The molecule has 0 spiro atoms. The molecule has 4 rings (SSSR count). The summed E-state index contributed by atoms with van der Waals surface area (Å²) in [5.74, 6) is 1.01. The number of rotatable bonds is 6. The molecule has 168 valence electrons. The monoisotopic (exact) mass is 453 g/mol. The molecule has 1 aliphatic rings. The Bertz CT molecular complexity index is 1100. The van der Waals surface area contributed by atoms with E-state index in [4.69, 9.17) is 16.3 Å². The van der Waals surface area contributed by atoms with Gasteiger partial charge in [-0.1, -0.05) is 30.7 Å². The Morgan fingerprint density at radius 2 is 1.88 bits per heavy atom. The van der Waals surface area contributed by atoms with Crippen molar-refractivity contribution in [2.24, 2.45) is 11.8 Å². The lowest BCUT2D eigenvalue weighted by Gasteiger charge is -2.34. The number of H-pyrrole nitrogens is 1. The summed E-state index contributed by atoms with van der Waals surface area (Å²) in [6, 6.07) is 15.1. The number of aromatic amines is 1. The van der Waals surface area contributed by atoms with Gasteiger partial charge in [0.05, 0.1) is 7.11 Å². The van der Waals surface area contributed by atoms with Gasteiger partial charge in [-0.25, -0.2) is 0 Å². The molecule has 0 bridgehead atoms. The lowest BCUT2D eigenvalue weighted by molar-refractivity contribution is -0.126. The summed E-state index contributed by atoms with van der Waals surface area (Å²) >= 11 is 6.05. The number of ether oxygens (including phenoxy) is 1. The number of nitrogens with zero attached hydrogens (tertiary/aromatic N) is 1. The Kier molecular flexibility index (Phi) is 6.70. The molecule has 32 heavy (non-hydrogen) atoms. The van der Waals surface area contributed by atoms with Gasteiger partial charge in [-0.3, -0.25) is 9.59 Å². The van der Waals surface area contributed by atoms with Crippen LogP contribution in [0.5, 0.6) is 5.75 Å². The molecule has 1 fully saturated rings. The van der Waals surface area contributed by atoms with Gasteiger partial charge in [0, 0.05) is 41.5 Å². The minimum Gasteiger partial charge on any atom is -0.497 e. The molecule has 0 aliphatic carbocycles. The van der Waals surface area contributed by atoms with Crippen molar-refractivity contribution in [3.63, 3.8) is 0 Å². The molecule has 0 saturated carbocycles. The van der Waals surface area contributed by atoms with Gasteiger partial charge >= 0.3 is 0 Å². The van der Waals surface area contributed by atoms with Gasteiger partial charge < -0.3 is 19.9 Å². The number of amides is 2. The van der Waals surface area contributed by atoms with Crippen LogP contribution in [0.4, 0.5) is 0 Å². The van der Waals surface area contributed by atoms with Crippen LogP contribution in [0.25, 0.3) is 10.9 Å². The summed E-state index contributed by atoms with van der Waals surface area (Å²) in [4.78, 5) is 30.7. The minimum atomic E-state index is -0.0966. The van der Waals surface area contributed by atoms with Gasteiger partial charge in [-0.15, -0.1) is 0 Å². The number of likely N-dealkylation sites (tertiary alicyclic amines) is 1. The van der Waals surface area contributed by atoms with Gasteiger partial charge in [-0.2, -0.15) is 0 Å². The van der Waals surface area contributed by atoms with Crippen molar-refractivity contribution in [3.8, 4) is 5.75 Å². The Morgan fingerprint density at radius 1 is 1.16 bits per heavy atom. The highest BCUT2D eigenvalue weighted by Crippen LogP contribution is 2.27. The summed E-state index contributed by atoms with van der Waals surface area (Å²) in [6.07, 6.45) is 1.63. The highest BCUT2D eigenvalue weighted by molar-refractivity contribution is 6.31. The lowest BCUT2D eigenvalue weighted by atomic mass is 9.84. The van der Waals surface area contributed by atoms with Crippen LogP contribution < -0.4 is 10.1 Å². The first kappa shape index (κ1) is 22.2. The molecule has 2 amide bonds. The Balaban J connectivity index is 1.28. The van der Waals surface area contributed by atoms with E-state index in [0.29, 0.717) is 30.4 Å². The first-order valence-corrected chi connectivity index (χ1v) is 11.3. The fourth-order valence-corrected chi connectivity index (χ4v) is 4.48. The summed E-state index contributed by atoms with van der Waals surface area (Å²) in [5, 5.41) is 4.61. The van der Waals surface area contributed by atoms with Gasteiger partial charge in [0.25, 0.3) is 5.91 Å². The molecule has 3 aromatic rings. The number of fused-ring (bicyclic) bond motifs is 1. The maximum absolute atomic E-state index is 12.9. The number of benzene rings is 2. The molecule has 1 aliphatic heterocycles. The smallest absolute Gasteiger partial charge is 0.270 e. The molecule has 2 N–H and O–H groups in total. The lowest BCUT2D eigenvalue weighted by Crippen LogP contribution is -2.42. The highest BCUT2D eigenvalue weighted by Gasteiger charge is 2.30. The fourth-order valence-electron chi connectivity index (χ4n) is 4.30. The molecule has 2 aromatic carbocycles. The number of hydrogen-bond donors (Lipinski definition) is 2. The number of piperidine rings is 1. The number of carbonyl (C=O) groups excluding carboxylic acids is 2. The third-order valence-corrected chi connectivity index (χ3v) is 6.62. The van der Waals surface area contributed by atoms with Crippen molar-refractivity contribution in [3.05, 3.63) is 64.8 Å². The van der Waals surface area contributed by atoms with E-state index >= 15 is 0 Å².